The molecule has 1 nitrogen and oxygen atoms in total. The summed E-state index contributed by atoms with van der Waals surface area (Å²) in [6, 6.07) is 8.20. The Bertz CT molecular complexity index is 509. The molecule has 1 aromatic carbocycles. The van der Waals surface area contributed by atoms with E-state index in [-0.39, 0.29) is 5.41 Å². The zero-order valence-electron chi connectivity index (χ0n) is 13.0. The Morgan fingerprint density at radius 1 is 1.15 bits per heavy atom. The molecule has 0 spiro atoms. The number of carbonyl (C=O) groups is 1. The number of carbonyl (C=O) groups excluding carboxylic acids is 1. The molecule has 0 aromatic heterocycles. The molecular weight excluding hydrogens is 244 g/mol. The average Bonchev–Trinajstić information content (AvgIpc) is 3.00. The van der Waals surface area contributed by atoms with E-state index in [2.05, 4.69) is 32.9 Å². The van der Waals surface area contributed by atoms with Crippen LogP contribution in [-0.2, 0) is 5.41 Å². The van der Waals surface area contributed by atoms with Crippen LogP contribution in [0.1, 0.15) is 68.8 Å². The van der Waals surface area contributed by atoms with E-state index in [1.807, 2.05) is 12.1 Å². The second-order valence-corrected chi connectivity index (χ2v) is 7.86. The van der Waals surface area contributed by atoms with Gasteiger partial charge in [0.05, 0.1) is 0 Å². The Labute approximate surface area is 122 Å². The highest BCUT2D eigenvalue weighted by Crippen LogP contribution is 2.49. The lowest BCUT2D eigenvalue weighted by Crippen LogP contribution is -2.20. The van der Waals surface area contributed by atoms with E-state index in [1.165, 1.54) is 31.2 Å². The number of rotatable bonds is 3. The zero-order chi connectivity index (χ0) is 14.3. The van der Waals surface area contributed by atoms with Crippen LogP contribution in [0.15, 0.2) is 24.3 Å². The quantitative estimate of drug-likeness (QED) is 0.707. The number of Topliss-reactive ketones (excluding diaryl/α,β-unsaturated/α-hetero) is 1. The van der Waals surface area contributed by atoms with Gasteiger partial charge in [-0.05, 0) is 48.0 Å². The van der Waals surface area contributed by atoms with E-state index in [1.54, 1.807) is 0 Å². The van der Waals surface area contributed by atoms with Gasteiger partial charge in [-0.2, -0.15) is 0 Å². The molecular formula is C19H26O. The van der Waals surface area contributed by atoms with E-state index < -0.39 is 0 Å². The highest BCUT2D eigenvalue weighted by Gasteiger charge is 2.40. The largest absolute Gasteiger partial charge is 0.294 e. The first kappa shape index (κ1) is 13.9. The number of fused-ring (bicyclic) bond motifs is 2. The zero-order valence-corrected chi connectivity index (χ0v) is 13.0. The number of hydrogen-bond acceptors (Lipinski definition) is 1. The van der Waals surface area contributed by atoms with Gasteiger partial charge in [-0.1, -0.05) is 51.5 Å². The molecule has 1 heteroatoms. The third-order valence-electron chi connectivity index (χ3n) is 5.37. The molecule has 3 atom stereocenters. The maximum atomic E-state index is 12.7. The summed E-state index contributed by atoms with van der Waals surface area (Å²) >= 11 is 0. The topological polar surface area (TPSA) is 17.1 Å². The lowest BCUT2D eigenvalue weighted by atomic mass is 9.79. The van der Waals surface area contributed by atoms with Crippen LogP contribution in [0.2, 0.25) is 0 Å². The summed E-state index contributed by atoms with van der Waals surface area (Å²) in [5.74, 6) is 2.80. The molecule has 108 valence electrons. The van der Waals surface area contributed by atoms with Crippen molar-refractivity contribution in [2.75, 3.05) is 0 Å². The van der Waals surface area contributed by atoms with Crippen molar-refractivity contribution < 1.29 is 4.79 Å². The van der Waals surface area contributed by atoms with Crippen LogP contribution in [-0.4, -0.2) is 5.78 Å². The number of hydrogen-bond donors (Lipinski definition) is 0. The Balaban J connectivity index is 1.78. The summed E-state index contributed by atoms with van der Waals surface area (Å²) in [5.41, 5.74) is 2.21. The smallest absolute Gasteiger partial charge is 0.163 e. The molecule has 2 aliphatic carbocycles. The normalized spacial score (nSPS) is 28.9. The molecule has 2 saturated carbocycles. The molecule has 1 aromatic rings. The molecule has 0 radical (unpaired) electrons. The lowest BCUT2D eigenvalue weighted by Gasteiger charge is -2.24. The van der Waals surface area contributed by atoms with Crippen LogP contribution in [0.3, 0.4) is 0 Å². The van der Waals surface area contributed by atoms with Crippen LogP contribution < -0.4 is 0 Å². The van der Waals surface area contributed by atoms with Crippen LogP contribution in [0.5, 0.6) is 0 Å². The second kappa shape index (κ2) is 5.02. The van der Waals surface area contributed by atoms with Crippen LogP contribution in [0, 0.1) is 17.8 Å². The van der Waals surface area contributed by atoms with Crippen molar-refractivity contribution in [2.45, 2.75) is 58.3 Å². The fourth-order valence-corrected chi connectivity index (χ4v) is 4.35. The maximum Gasteiger partial charge on any atom is 0.163 e. The molecule has 0 aliphatic heterocycles. The molecule has 0 amide bonds. The van der Waals surface area contributed by atoms with Gasteiger partial charge in [0.25, 0.3) is 0 Å². The van der Waals surface area contributed by atoms with Gasteiger partial charge in [0.15, 0.2) is 5.78 Å². The third-order valence-corrected chi connectivity index (χ3v) is 5.37. The van der Waals surface area contributed by atoms with E-state index in [4.69, 9.17) is 0 Å². The summed E-state index contributed by atoms with van der Waals surface area (Å²) in [6.45, 7) is 6.57. The molecule has 0 saturated heterocycles. The predicted molar refractivity (Wildman–Crippen MR) is 83.0 cm³/mol. The monoisotopic (exact) mass is 270 g/mol. The standard InChI is InChI=1S/C19H26O/c1-19(2,3)17-7-5-4-6-16(17)18(20)12-15-11-13-8-9-14(15)10-13/h4-7,13-15H,8-12H2,1-3H3. The first-order valence-electron chi connectivity index (χ1n) is 8.08. The Kier molecular flexibility index (Phi) is 3.48. The van der Waals surface area contributed by atoms with Gasteiger partial charge in [0.1, 0.15) is 0 Å². The molecule has 0 N–H and O–H groups in total. The van der Waals surface area contributed by atoms with Crippen molar-refractivity contribution in [2.24, 2.45) is 17.8 Å². The maximum absolute atomic E-state index is 12.7. The fourth-order valence-electron chi connectivity index (χ4n) is 4.35. The molecule has 0 heterocycles. The van der Waals surface area contributed by atoms with Gasteiger partial charge in [0.2, 0.25) is 0 Å². The van der Waals surface area contributed by atoms with Crippen LogP contribution in [0.4, 0.5) is 0 Å². The molecule has 3 unspecified atom stereocenters. The first-order valence-corrected chi connectivity index (χ1v) is 8.08. The molecule has 2 bridgehead atoms. The lowest BCUT2D eigenvalue weighted by molar-refractivity contribution is 0.0942. The average molecular weight is 270 g/mol. The highest BCUT2D eigenvalue weighted by atomic mass is 16.1. The number of benzene rings is 1. The molecule has 20 heavy (non-hydrogen) atoms. The van der Waals surface area contributed by atoms with E-state index in [0.29, 0.717) is 11.7 Å². The Morgan fingerprint density at radius 2 is 1.90 bits per heavy atom. The first-order chi connectivity index (χ1) is 9.45. The minimum atomic E-state index is 0.0426. The molecule has 2 fully saturated rings. The van der Waals surface area contributed by atoms with Gasteiger partial charge < -0.3 is 0 Å². The second-order valence-electron chi connectivity index (χ2n) is 7.86. The van der Waals surface area contributed by atoms with E-state index in [0.717, 1.165) is 23.8 Å². The van der Waals surface area contributed by atoms with Crippen molar-refractivity contribution in [3.8, 4) is 0 Å². The van der Waals surface area contributed by atoms with Gasteiger partial charge >= 0.3 is 0 Å². The summed E-state index contributed by atoms with van der Waals surface area (Å²) in [6.07, 6.45) is 6.23. The SMILES string of the molecule is CC(C)(C)c1ccccc1C(=O)CC1CC2CCC1C2. The summed E-state index contributed by atoms with van der Waals surface area (Å²) in [5, 5.41) is 0. The van der Waals surface area contributed by atoms with Crippen LogP contribution in [0.25, 0.3) is 0 Å². The fraction of sp³-hybridized carbons (Fsp3) is 0.632. The highest BCUT2D eigenvalue weighted by molar-refractivity contribution is 5.98. The van der Waals surface area contributed by atoms with Gasteiger partial charge in [-0.15, -0.1) is 0 Å². The molecule has 3 rings (SSSR count). The predicted octanol–water partition coefficient (Wildman–Crippen LogP) is 4.99. The van der Waals surface area contributed by atoms with E-state index >= 15 is 0 Å². The van der Waals surface area contributed by atoms with Crippen molar-refractivity contribution in [1.82, 2.24) is 0 Å². The molecule has 2 aliphatic rings. The van der Waals surface area contributed by atoms with Gasteiger partial charge in [-0.3, -0.25) is 4.79 Å². The van der Waals surface area contributed by atoms with Gasteiger partial charge in [0, 0.05) is 12.0 Å². The van der Waals surface area contributed by atoms with Crippen LogP contribution >= 0.6 is 0 Å². The van der Waals surface area contributed by atoms with Gasteiger partial charge in [-0.25, -0.2) is 0 Å². The minimum Gasteiger partial charge on any atom is -0.294 e. The summed E-state index contributed by atoms with van der Waals surface area (Å²) in [7, 11) is 0. The van der Waals surface area contributed by atoms with Crippen molar-refractivity contribution >= 4 is 5.78 Å². The summed E-state index contributed by atoms with van der Waals surface area (Å²) in [4.78, 5) is 12.7. The van der Waals surface area contributed by atoms with Crippen molar-refractivity contribution in [1.29, 1.82) is 0 Å². The van der Waals surface area contributed by atoms with Crippen molar-refractivity contribution in [3.63, 3.8) is 0 Å². The third kappa shape index (κ3) is 2.55. The number of ketones is 1. The minimum absolute atomic E-state index is 0.0426. The van der Waals surface area contributed by atoms with E-state index in [9.17, 15) is 4.79 Å². The Morgan fingerprint density at radius 3 is 2.50 bits per heavy atom. The van der Waals surface area contributed by atoms with Crippen molar-refractivity contribution in [3.05, 3.63) is 35.4 Å². The summed E-state index contributed by atoms with van der Waals surface area (Å²) < 4.78 is 0. The Hall–Kier alpha value is -1.11.